The minimum atomic E-state index is -0.627. The molecule has 2 atom stereocenters. The standard InChI is InChI=1S/C42H75O6P.2C3H7.Ni/c1-3-5-7-9-11-13-15-17-19-21-23-25-30-34-41(43)45-37-40(38-47-49-46-36-39-32-28-27-29-33-39)48-42(44)35-31-26-24-22-20-18-16-14-12-10-8-6-4-2;2*1-3-2;/h27-29,32-33,40,49H,3-26,30-31,34-38H2,1-2H3;2*1,3H2,2H3;/q;2*-1;+2/t40-;;;/m1.../s1. The van der Waals surface area contributed by atoms with Crippen molar-refractivity contribution in [1.82, 2.24) is 0 Å². The SMILES string of the molecule is CCCCCCCCCCCCCCCC(=O)OC[C@H](COPOCc1ccccc1)OC(=O)CCCCCCCCCCCCCCC.[CH2-]CC.[CH2-]CC.[Ni+2]. The van der Waals surface area contributed by atoms with Crippen molar-refractivity contribution in [3.8, 4) is 0 Å². The summed E-state index contributed by atoms with van der Waals surface area (Å²) in [4.78, 5) is 25.1. The number of hydrogen-bond acceptors (Lipinski definition) is 6. The van der Waals surface area contributed by atoms with Crippen molar-refractivity contribution in [2.45, 2.75) is 233 Å². The molecular weight excluding hydrogens is 762 g/mol. The second-order valence-electron chi connectivity index (χ2n) is 14.9. The molecule has 0 saturated heterocycles. The molecule has 0 amide bonds. The van der Waals surface area contributed by atoms with E-state index in [9.17, 15) is 9.59 Å². The van der Waals surface area contributed by atoms with Gasteiger partial charge in [0.25, 0.3) is 0 Å². The quantitative estimate of drug-likeness (QED) is 0.0218. The van der Waals surface area contributed by atoms with E-state index in [-0.39, 0.29) is 50.7 Å². The van der Waals surface area contributed by atoms with Gasteiger partial charge in [0.1, 0.15) is 6.61 Å². The van der Waals surface area contributed by atoms with Crippen LogP contribution in [0.3, 0.4) is 0 Å². The molecule has 0 aliphatic heterocycles. The summed E-state index contributed by atoms with van der Waals surface area (Å²) in [5, 5.41) is 0. The Labute approximate surface area is 360 Å². The van der Waals surface area contributed by atoms with Crippen LogP contribution in [0.15, 0.2) is 30.3 Å². The molecule has 0 heterocycles. The Kier molecular flexibility index (Phi) is 55.1. The van der Waals surface area contributed by atoms with Crippen molar-refractivity contribution in [3.05, 3.63) is 49.7 Å². The predicted molar refractivity (Wildman–Crippen MR) is 238 cm³/mol. The molecule has 0 saturated carbocycles. The van der Waals surface area contributed by atoms with Crippen LogP contribution >= 0.6 is 9.03 Å². The maximum absolute atomic E-state index is 12.6. The number of esters is 2. The summed E-state index contributed by atoms with van der Waals surface area (Å²) in [7, 11) is -0.188. The molecule has 0 aliphatic rings. The third kappa shape index (κ3) is 49.2. The van der Waals surface area contributed by atoms with Crippen LogP contribution in [-0.4, -0.2) is 31.3 Å². The smallest absolute Gasteiger partial charge is 0.462 e. The summed E-state index contributed by atoms with van der Waals surface area (Å²) in [6.07, 6.45) is 35.1. The molecule has 1 unspecified atom stereocenters. The van der Waals surface area contributed by atoms with Crippen LogP contribution in [0.4, 0.5) is 0 Å². The van der Waals surface area contributed by atoms with E-state index in [0.717, 1.165) is 50.5 Å². The number of unbranched alkanes of at least 4 members (excludes halogenated alkanes) is 24. The minimum Gasteiger partial charge on any atom is -0.462 e. The molecule has 0 aliphatic carbocycles. The second kappa shape index (κ2) is 52.0. The summed E-state index contributed by atoms with van der Waals surface area (Å²) in [6.45, 7) is 16.1. The summed E-state index contributed by atoms with van der Waals surface area (Å²) in [6, 6.07) is 9.92. The van der Waals surface area contributed by atoms with Crippen molar-refractivity contribution in [2.75, 3.05) is 13.2 Å². The number of carbonyl (C=O) groups excluding carboxylic acids is 2. The van der Waals surface area contributed by atoms with Gasteiger partial charge in [-0.1, -0.05) is 212 Å². The summed E-state index contributed by atoms with van der Waals surface area (Å²) >= 11 is 0. The van der Waals surface area contributed by atoms with E-state index in [0.29, 0.717) is 19.4 Å². The molecule has 1 aromatic carbocycles. The molecule has 332 valence electrons. The fourth-order valence-corrected chi connectivity index (χ4v) is 6.61. The van der Waals surface area contributed by atoms with E-state index >= 15 is 0 Å². The normalized spacial score (nSPS) is 11.2. The number of hydrogen-bond donors (Lipinski definition) is 0. The van der Waals surface area contributed by atoms with E-state index in [2.05, 4.69) is 27.7 Å². The van der Waals surface area contributed by atoms with Gasteiger partial charge in [0.15, 0.2) is 15.1 Å². The van der Waals surface area contributed by atoms with Gasteiger partial charge >= 0.3 is 28.4 Å². The Morgan fingerprint density at radius 2 is 0.875 bits per heavy atom. The molecule has 6 nitrogen and oxygen atoms in total. The second-order valence-corrected chi connectivity index (χ2v) is 15.7. The number of carbonyl (C=O) groups is 2. The fraction of sp³-hybridized carbons (Fsp3) is 0.792. The molecule has 0 aromatic heterocycles. The third-order valence-electron chi connectivity index (χ3n) is 9.17. The Bertz CT molecular complexity index is 888. The number of rotatable bonds is 37. The largest absolute Gasteiger partial charge is 2.00 e. The fourth-order valence-electron chi connectivity index (χ4n) is 6.05. The van der Waals surface area contributed by atoms with E-state index < -0.39 is 6.10 Å². The molecule has 0 N–H and O–H groups in total. The molecular formula is C48H89NiO6P. The zero-order chi connectivity index (χ0) is 40.7. The van der Waals surface area contributed by atoms with Gasteiger partial charge in [0.05, 0.1) is 13.2 Å². The summed E-state index contributed by atoms with van der Waals surface area (Å²) < 4.78 is 22.6. The van der Waals surface area contributed by atoms with Crippen molar-refractivity contribution in [1.29, 1.82) is 0 Å². The van der Waals surface area contributed by atoms with Gasteiger partial charge in [0.2, 0.25) is 0 Å². The van der Waals surface area contributed by atoms with Gasteiger partial charge < -0.3 is 32.4 Å². The minimum absolute atomic E-state index is 0. The number of ether oxygens (including phenoxy) is 2. The first-order valence-corrected chi connectivity index (χ1v) is 23.8. The first-order chi connectivity index (χ1) is 27.0. The van der Waals surface area contributed by atoms with Crippen molar-refractivity contribution in [3.63, 3.8) is 0 Å². The molecule has 0 fully saturated rings. The van der Waals surface area contributed by atoms with Crippen molar-refractivity contribution in [2.24, 2.45) is 0 Å². The first-order valence-electron chi connectivity index (χ1n) is 22.9. The molecule has 0 radical (unpaired) electrons. The number of benzene rings is 1. The summed E-state index contributed by atoms with van der Waals surface area (Å²) in [5.74, 6) is -0.485. The van der Waals surface area contributed by atoms with E-state index in [1.54, 1.807) is 0 Å². The van der Waals surface area contributed by atoms with Gasteiger partial charge in [-0.25, -0.2) is 0 Å². The van der Waals surface area contributed by atoms with Gasteiger partial charge in [-0.15, -0.1) is 0 Å². The van der Waals surface area contributed by atoms with Gasteiger partial charge in [-0.05, 0) is 18.4 Å². The predicted octanol–water partition coefficient (Wildman–Crippen LogP) is 15.6. The molecule has 0 bridgehead atoms. The van der Waals surface area contributed by atoms with Crippen LogP contribution in [0.2, 0.25) is 0 Å². The average molecular weight is 852 g/mol. The molecule has 1 rings (SSSR count). The molecule has 1 aromatic rings. The van der Waals surface area contributed by atoms with Crippen molar-refractivity contribution >= 4 is 21.0 Å². The van der Waals surface area contributed by atoms with Crippen LogP contribution in [-0.2, 0) is 51.2 Å². The summed E-state index contributed by atoms with van der Waals surface area (Å²) in [5.41, 5.74) is 1.07. The van der Waals surface area contributed by atoms with Gasteiger partial charge in [-0.3, -0.25) is 9.59 Å². The van der Waals surface area contributed by atoms with E-state index in [1.807, 2.05) is 44.2 Å². The van der Waals surface area contributed by atoms with Crippen LogP contribution < -0.4 is 0 Å². The first kappa shape index (κ1) is 59.3. The van der Waals surface area contributed by atoms with Crippen LogP contribution in [0.5, 0.6) is 0 Å². The third-order valence-corrected chi connectivity index (χ3v) is 9.71. The van der Waals surface area contributed by atoms with Crippen LogP contribution in [0, 0.1) is 13.8 Å². The maximum atomic E-state index is 12.6. The zero-order valence-corrected chi connectivity index (χ0v) is 39.0. The zero-order valence-electron chi connectivity index (χ0n) is 37.0. The Morgan fingerprint density at radius 3 is 1.27 bits per heavy atom. The Balaban J connectivity index is -0.00000375. The monoisotopic (exact) mass is 851 g/mol. The van der Waals surface area contributed by atoms with Crippen LogP contribution in [0.1, 0.15) is 226 Å². The van der Waals surface area contributed by atoms with Gasteiger partial charge in [0, 0.05) is 12.8 Å². The molecule has 8 heteroatoms. The van der Waals surface area contributed by atoms with Crippen molar-refractivity contribution < 1.29 is 44.6 Å². The molecule has 0 spiro atoms. The topological polar surface area (TPSA) is 71.1 Å². The van der Waals surface area contributed by atoms with E-state index in [4.69, 9.17) is 18.5 Å². The Morgan fingerprint density at radius 1 is 0.518 bits per heavy atom. The maximum Gasteiger partial charge on any atom is 2.00 e. The van der Waals surface area contributed by atoms with Gasteiger partial charge in [-0.2, -0.15) is 12.8 Å². The average Bonchev–Trinajstić information content (AvgIpc) is 3.18. The Hall–Kier alpha value is -0.996. The van der Waals surface area contributed by atoms with Crippen LogP contribution in [0.25, 0.3) is 0 Å². The molecule has 56 heavy (non-hydrogen) atoms. The van der Waals surface area contributed by atoms with E-state index in [1.165, 1.54) is 135 Å².